The molecule has 0 aromatic rings. The maximum absolute atomic E-state index is 12.4. The zero-order valence-electron chi connectivity index (χ0n) is 15.0. The van der Waals surface area contributed by atoms with Crippen molar-refractivity contribution >= 4 is 5.78 Å². The van der Waals surface area contributed by atoms with Crippen LogP contribution in [-0.4, -0.2) is 18.5 Å². The lowest BCUT2D eigenvalue weighted by molar-refractivity contribution is -0.133. The summed E-state index contributed by atoms with van der Waals surface area (Å²) in [5, 5.41) is 8.67. The number of ether oxygens (including phenoxy) is 1. The second-order valence-corrected chi connectivity index (χ2v) is 9.07. The fourth-order valence-electron chi connectivity index (χ4n) is 7.00. The van der Waals surface area contributed by atoms with Gasteiger partial charge < -0.3 is 4.74 Å². The zero-order valence-corrected chi connectivity index (χ0v) is 15.0. The van der Waals surface area contributed by atoms with Crippen molar-refractivity contribution in [1.82, 2.24) is 0 Å². The number of hydrogen-bond acceptors (Lipinski definition) is 3. The SMILES string of the molecule is C[C@]12CCC3C(CC[C@H]4C[C@@H](OCCC#N)CCC34)C1CCC2=O. The molecule has 4 aliphatic carbocycles. The summed E-state index contributed by atoms with van der Waals surface area (Å²) in [6.45, 7) is 2.88. The molecule has 0 aromatic carbocycles. The number of nitriles is 1. The molecule has 4 fully saturated rings. The first kappa shape index (κ1) is 16.6. The predicted octanol–water partition coefficient (Wildman–Crippen LogP) is 4.51. The Morgan fingerprint density at radius 2 is 1.96 bits per heavy atom. The third kappa shape index (κ3) is 2.62. The number of rotatable bonds is 3. The van der Waals surface area contributed by atoms with Crippen molar-refractivity contribution in [3.8, 4) is 6.07 Å². The maximum Gasteiger partial charge on any atom is 0.139 e. The molecule has 4 unspecified atom stereocenters. The van der Waals surface area contributed by atoms with Crippen molar-refractivity contribution in [1.29, 1.82) is 5.26 Å². The quantitative estimate of drug-likeness (QED) is 0.716. The zero-order chi connectivity index (χ0) is 16.7. The van der Waals surface area contributed by atoms with Crippen molar-refractivity contribution in [2.45, 2.75) is 77.2 Å². The molecule has 3 heteroatoms. The van der Waals surface area contributed by atoms with Gasteiger partial charge in [0.25, 0.3) is 0 Å². The second-order valence-electron chi connectivity index (χ2n) is 9.07. The van der Waals surface area contributed by atoms with Gasteiger partial charge in [-0.1, -0.05) is 6.92 Å². The summed E-state index contributed by atoms with van der Waals surface area (Å²) in [6, 6.07) is 2.18. The van der Waals surface area contributed by atoms with Gasteiger partial charge in [0.2, 0.25) is 0 Å². The molecule has 0 spiro atoms. The highest BCUT2D eigenvalue weighted by Crippen LogP contribution is 2.61. The van der Waals surface area contributed by atoms with Crippen LogP contribution in [0.15, 0.2) is 0 Å². The first-order valence-corrected chi connectivity index (χ1v) is 10.2. The van der Waals surface area contributed by atoms with E-state index in [0.717, 1.165) is 42.9 Å². The number of carbonyl (C=O) groups excluding carboxylic acids is 1. The molecule has 0 heterocycles. The van der Waals surface area contributed by atoms with Gasteiger partial charge in [-0.2, -0.15) is 5.26 Å². The van der Waals surface area contributed by atoms with Crippen LogP contribution < -0.4 is 0 Å². The number of hydrogen-bond donors (Lipinski definition) is 0. The molecule has 24 heavy (non-hydrogen) atoms. The Hall–Kier alpha value is -0.880. The molecule has 3 nitrogen and oxygen atoms in total. The molecule has 132 valence electrons. The minimum Gasteiger partial charge on any atom is -0.377 e. The smallest absolute Gasteiger partial charge is 0.139 e. The fraction of sp³-hybridized carbons (Fsp3) is 0.905. The lowest BCUT2D eigenvalue weighted by Crippen LogP contribution is -2.49. The van der Waals surface area contributed by atoms with Crippen LogP contribution >= 0.6 is 0 Å². The van der Waals surface area contributed by atoms with Gasteiger partial charge in [0.1, 0.15) is 5.78 Å². The van der Waals surface area contributed by atoms with E-state index < -0.39 is 0 Å². The van der Waals surface area contributed by atoms with Crippen molar-refractivity contribution in [3.05, 3.63) is 0 Å². The van der Waals surface area contributed by atoms with E-state index in [0.29, 0.717) is 30.8 Å². The Kier molecular flexibility index (Phi) is 4.45. The number of carbonyl (C=O) groups is 1. The normalized spacial score (nSPS) is 47.4. The summed E-state index contributed by atoms with van der Waals surface area (Å²) in [6.07, 6.45) is 11.7. The predicted molar refractivity (Wildman–Crippen MR) is 92.1 cm³/mol. The van der Waals surface area contributed by atoms with Crippen LogP contribution in [0.25, 0.3) is 0 Å². The number of nitrogens with zero attached hydrogens (tertiary/aromatic N) is 1. The molecule has 0 aliphatic heterocycles. The van der Waals surface area contributed by atoms with Crippen molar-refractivity contribution in [2.75, 3.05) is 6.61 Å². The number of Topliss-reactive ketones (excluding diaryl/α,β-unsaturated/α-hetero) is 1. The molecule has 4 aliphatic rings. The average Bonchev–Trinajstić information content (AvgIpc) is 2.90. The van der Waals surface area contributed by atoms with Crippen molar-refractivity contribution in [2.24, 2.45) is 35.0 Å². The van der Waals surface area contributed by atoms with Crippen molar-refractivity contribution < 1.29 is 9.53 Å². The maximum atomic E-state index is 12.4. The summed E-state index contributed by atoms with van der Waals surface area (Å²) >= 11 is 0. The standard InChI is InChI=1S/C21H31NO2/c1-21-10-9-17-16-6-4-15(24-12-2-11-22)13-14(16)3-5-18(17)19(21)7-8-20(21)23/h14-19H,2-10,12-13H2,1H3/t14-,15-,16?,17?,18?,19?,21-/m0/s1. The van der Waals surface area contributed by atoms with Gasteiger partial charge in [0, 0.05) is 11.8 Å². The van der Waals surface area contributed by atoms with E-state index in [1.807, 2.05) is 0 Å². The molecule has 0 N–H and O–H groups in total. The van der Waals surface area contributed by atoms with Gasteiger partial charge in [-0.15, -0.1) is 0 Å². The molecule has 4 rings (SSSR count). The minimum atomic E-state index is 0.0195. The van der Waals surface area contributed by atoms with Gasteiger partial charge in [-0.25, -0.2) is 0 Å². The summed E-state index contributed by atoms with van der Waals surface area (Å²) in [4.78, 5) is 12.4. The monoisotopic (exact) mass is 329 g/mol. The summed E-state index contributed by atoms with van der Waals surface area (Å²) < 4.78 is 5.94. The van der Waals surface area contributed by atoms with E-state index in [4.69, 9.17) is 10.00 Å². The highest BCUT2D eigenvalue weighted by Gasteiger charge is 2.56. The van der Waals surface area contributed by atoms with E-state index in [1.165, 1.54) is 38.5 Å². The average molecular weight is 329 g/mol. The molecular weight excluding hydrogens is 298 g/mol. The lowest BCUT2D eigenvalue weighted by atomic mass is 9.50. The first-order valence-electron chi connectivity index (χ1n) is 10.2. The Morgan fingerprint density at radius 3 is 2.79 bits per heavy atom. The van der Waals surface area contributed by atoms with Gasteiger partial charge in [0.15, 0.2) is 0 Å². The molecule has 0 radical (unpaired) electrons. The van der Waals surface area contributed by atoms with Crippen LogP contribution in [0.1, 0.15) is 71.1 Å². The lowest BCUT2D eigenvalue weighted by Gasteiger charge is -2.54. The van der Waals surface area contributed by atoms with Crippen molar-refractivity contribution in [3.63, 3.8) is 0 Å². The first-order chi connectivity index (χ1) is 11.6. The Bertz CT molecular complexity index is 538. The molecule has 0 bridgehead atoms. The third-order valence-corrected chi connectivity index (χ3v) is 8.18. The molecule has 0 aromatic heterocycles. The van der Waals surface area contributed by atoms with E-state index >= 15 is 0 Å². The summed E-state index contributed by atoms with van der Waals surface area (Å²) in [7, 11) is 0. The second kappa shape index (κ2) is 6.45. The van der Waals surface area contributed by atoms with Crippen LogP contribution in [0.5, 0.6) is 0 Å². The highest BCUT2D eigenvalue weighted by molar-refractivity contribution is 5.87. The molecule has 7 atom stereocenters. The Balaban J connectivity index is 1.41. The van der Waals surface area contributed by atoms with Gasteiger partial charge in [-0.05, 0) is 81.0 Å². The summed E-state index contributed by atoms with van der Waals surface area (Å²) in [5.41, 5.74) is 0.0195. The van der Waals surface area contributed by atoms with Crippen LogP contribution in [0, 0.1) is 46.3 Å². The van der Waals surface area contributed by atoms with E-state index in [1.54, 1.807) is 0 Å². The number of ketones is 1. The van der Waals surface area contributed by atoms with Crippen LogP contribution in [0.2, 0.25) is 0 Å². The Labute approximate surface area is 146 Å². The van der Waals surface area contributed by atoms with E-state index in [2.05, 4.69) is 13.0 Å². The van der Waals surface area contributed by atoms with Gasteiger partial charge in [0.05, 0.1) is 25.2 Å². The summed E-state index contributed by atoms with van der Waals surface area (Å²) in [5.74, 6) is 4.62. The van der Waals surface area contributed by atoms with Gasteiger partial charge in [-0.3, -0.25) is 4.79 Å². The van der Waals surface area contributed by atoms with E-state index in [-0.39, 0.29) is 5.41 Å². The molecule has 4 saturated carbocycles. The topological polar surface area (TPSA) is 50.1 Å². The largest absolute Gasteiger partial charge is 0.377 e. The third-order valence-electron chi connectivity index (χ3n) is 8.18. The minimum absolute atomic E-state index is 0.0195. The van der Waals surface area contributed by atoms with E-state index in [9.17, 15) is 4.79 Å². The fourth-order valence-corrected chi connectivity index (χ4v) is 7.00. The van der Waals surface area contributed by atoms with Crippen LogP contribution in [-0.2, 0) is 9.53 Å². The highest BCUT2D eigenvalue weighted by atomic mass is 16.5. The number of fused-ring (bicyclic) bond motifs is 5. The Morgan fingerprint density at radius 1 is 1.12 bits per heavy atom. The molecular formula is C21H31NO2. The van der Waals surface area contributed by atoms with Crippen LogP contribution in [0.4, 0.5) is 0 Å². The molecule has 0 amide bonds. The van der Waals surface area contributed by atoms with Crippen LogP contribution in [0.3, 0.4) is 0 Å². The van der Waals surface area contributed by atoms with Gasteiger partial charge >= 0.3 is 0 Å². The molecule has 0 saturated heterocycles.